The molecule has 2 aromatic carbocycles. The summed E-state index contributed by atoms with van der Waals surface area (Å²) < 4.78 is 1.65. The highest BCUT2D eigenvalue weighted by Crippen LogP contribution is 2.17. The maximum atomic E-state index is 12.4. The average molecular weight is 343 g/mol. The summed E-state index contributed by atoms with van der Waals surface area (Å²) in [6.45, 7) is 3.35. The van der Waals surface area contributed by atoms with Crippen molar-refractivity contribution in [1.82, 2.24) is 14.3 Å². The number of hydrogen-bond donors (Lipinski definition) is 0. The highest BCUT2D eigenvalue weighted by Gasteiger charge is 2.08. The molecule has 0 aliphatic carbocycles. The van der Waals surface area contributed by atoms with Crippen LogP contribution in [0.4, 0.5) is 0 Å². The van der Waals surface area contributed by atoms with Gasteiger partial charge in [-0.05, 0) is 48.5 Å². The maximum Gasteiger partial charge on any atom is 0.258 e. The van der Waals surface area contributed by atoms with Gasteiger partial charge in [0.05, 0.1) is 5.69 Å². The lowest BCUT2D eigenvalue weighted by Gasteiger charge is -2.17. The van der Waals surface area contributed by atoms with Gasteiger partial charge in [-0.15, -0.1) is 0 Å². The third kappa shape index (κ3) is 3.24. The molecule has 26 heavy (non-hydrogen) atoms. The third-order valence-corrected chi connectivity index (χ3v) is 4.63. The highest BCUT2D eigenvalue weighted by molar-refractivity contribution is 5.82. The fourth-order valence-corrected chi connectivity index (χ4v) is 3.43. The molecule has 0 fully saturated rings. The fourth-order valence-electron chi connectivity index (χ4n) is 3.43. The summed E-state index contributed by atoms with van der Waals surface area (Å²) >= 11 is 0. The van der Waals surface area contributed by atoms with Crippen LogP contribution in [0, 0.1) is 6.92 Å². The smallest absolute Gasteiger partial charge is 0.258 e. The molecule has 4 rings (SSSR count). The van der Waals surface area contributed by atoms with E-state index in [1.165, 1.54) is 16.3 Å². The van der Waals surface area contributed by atoms with Crippen molar-refractivity contribution in [2.24, 2.45) is 0 Å². The Morgan fingerprint density at radius 2 is 1.73 bits per heavy atom. The first-order valence-corrected chi connectivity index (χ1v) is 8.75. The minimum absolute atomic E-state index is 0.0257. The van der Waals surface area contributed by atoms with Gasteiger partial charge >= 0.3 is 0 Å². The lowest BCUT2D eigenvalue weighted by atomic mass is 10.1. The summed E-state index contributed by atoms with van der Waals surface area (Å²) in [6.07, 6.45) is 0. The SMILES string of the molecule is Cc1cccc2nc(CN(C)Cc3ccc4ccccc4c3)cc(=O)n12. The van der Waals surface area contributed by atoms with Crippen molar-refractivity contribution in [3.8, 4) is 0 Å². The molecule has 4 aromatic rings. The molecule has 0 unspecified atom stereocenters. The van der Waals surface area contributed by atoms with E-state index in [2.05, 4.69) is 59.4 Å². The molecule has 0 atom stereocenters. The predicted octanol–water partition coefficient (Wildman–Crippen LogP) is 3.79. The van der Waals surface area contributed by atoms with Crippen LogP contribution >= 0.6 is 0 Å². The average Bonchev–Trinajstić information content (AvgIpc) is 2.61. The van der Waals surface area contributed by atoms with E-state index in [-0.39, 0.29) is 5.56 Å². The van der Waals surface area contributed by atoms with Gasteiger partial charge in [-0.25, -0.2) is 4.98 Å². The largest absolute Gasteiger partial charge is 0.296 e. The van der Waals surface area contributed by atoms with Crippen LogP contribution < -0.4 is 5.56 Å². The molecule has 4 nitrogen and oxygen atoms in total. The van der Waals surface area contributed by atoms with Crippen molar-refractivity contribution in [1.29, 1.82) is 0 Å². The lowest BCUT2D eigenvalue weighted by Crippen LogP contribution is -2.22. The zero-order valence-corrected chi connectivity index (χ0v) is 15.0. The van der Waals surface area contributed by atoms with E-state index >= 15 is 0 Å². The number of pyridine rings is 1. The van der Waals surface area contributed by atoms with Gasteiger partial charge in [0.2, 0.25) is 0 Å². The molecule has 0 aliphatic heterocycles. The zero-order valence-electron chi connectivity index (χ0n) is 15.0. The molecule has 0 aliphatic rings. The van der Waals surface area contributed by atoms with Crippen molar-refractivity contribution in [3.63, 3.8) is 0 Å². The minimum atomic E-state index is -0.0257. The first-order chi connectivity index (χ1) is 12.6. The maximum absolute atomic E-state index is 12.4. The van der Waals surface area contributed by atoms with Crippen LogP contribution in [0.1, 0.15) is 17.0 Å². The highest BCUT2D eigenvalue weighted by atomic mass is 16.1. The van der Waals surface area contributed by atoms with E-state index in [1.54, 1.807) is 10.5 Å². The van der Waals surface area contributed by atoms with E-state index in [0.29, 0.717) is 12.2 Å². The quantitative estimate of drug-likeness (QED) is 0.566. The summed E-state index contributed by atoms with van der Waals surface area (Å²) in [5.41, 5.74) is 3.62. The summed E-state index contributed by atoms with van der Waals surface area (Å²) in [7, 11) is 2.05. The van der Waals surface area contributed by atoms with Gasteiger partial charge in [-0.3, -0.25) is 14.1 Å². The van der Waals surface area contributed by atoms with Crippen molar-refractivity contribution in [3.05, 3.63) is 94.0 Å². The molecule has 0 spiro atoms. The number of aryl methyl sites for hydroxylation is 1. The van der Waals surface area contributed by atoms with Gasteiger partial charge in [0.1, 0.15) is 5.65 Å². The normalized spacial score (nSPS) is 11.5. The number of fused-ring (bicyclic) bond motifs is 2. The molecular weight excluding hydrogens is 322 g/mol. The number of nitrogens with zero attached hydrogens (tertiary/aromatic N) is 3. The number of rotatable bonds is 4. The molecule has 2 heterocycles. The molecular formula is C22H21N3O. The number of aromatic nitrogens is 2. The van der Waals surface area contributed by atoms with Crippen LogP contribution in [-0.2, 0) is 13.1 Å². The van der Waals surface area contributed by atoms with E-state index in [1.807, 2.05) is 25.1 Å². The topological polar surface area (TPSA) is 37.6 Å². The fraction of sp³-hybridized carbons (Fsp3) is 0.182. The van der Waals surface area contributed by atoms with E-state index < -0.39 is 0 Å². The van der Waals surface area contributed by atoms with Gasteiger partial charge in [0.15, 0.2) is 0 Å². The van der Waals surface area contributed by atoms with Gasteiger partial charge in [-0.1, -0.05) is 42.5 Å². The first-order valence-electron chi connectivity index (χ1n) is 8.75. The Bertz CT molecular complexity index is 1150. The van der Waals surface area contributed by atoms with Crippen LogP contribution in [-0.4, -0.2) is 21.3 Å². The van der Waals surface area contributed by atoms with Gasteiger partial charge < -0.3 is 0 Å². The van der Waals surface area contributed by atoms with Gasteiger partial charge in [-0.2, -0.15) is 0 Å². The lowest BCUT2D eigenvalue weighted by molar-refractivity contribution is 0.315. The third-order valence-electron chi connectivity index (χ3n) is 4.63. The standard InChI is InChI=1S/C22H21N3O/c1-16-6-5-9-21-23-20(13-22(26)25(16)21)15-24(2)14-17-10-11-18-7-3-4-8-19(18)12-17/h3-13H,14-15H2,1-2H3. The van der Waals surface area contributed by atoms with Crippen molar-refractivity contribution in [2.75, 3.05) is 7.05 Å². The van der Waals surface area contributed by atoms with Crippen LogP contribution in [0.2, 0.25) is 0 Å². The Kier molecular flexibility index (Phi) is 4.27. The molecule has 0 N–H and O–H groups in total. The van der Waals surface area contributed by atoms with E-state index in [9.17, 15) is 4.79 Å². The van der Waals surface area contributed by atoms with Crippen LogP contribution in [0.15, 0.2) is 71.5 Å². The van der Waals surface area contributed by atoms with E-state index in [0.717, 1.165) is 17.9 Å². The summed E-state index contributed by atoms with van der Waals surface area (Å²) in [4.78, 5) is 19.2. The monoisotopic (exact) mass is 343 g/mol. The minimum Gasteiger partial charge on any atom is -0.296 e. The first kappa shape index (κ1) is 16.5. The Balaban J connectivity index is 1.56. The zero-order chi connectivity index (χ0) is 18.1. The van der Waals surface area contributed by atoms with Crippen LogP contribution in [0.3, 0.4) is 0 Å². The summed E-state index contributed by atoms with van der Waals surface area (Å²) in [6, 6.07) is 22.3. The summed E-state index contributed by atoms with van der Waals surface area (Å²) in [5, 5.41) is 2.49. The van der Waals surface area contributed by atoms with Crippen molar-refractivity contribution >= 4 is 16.4 Å². The second-order valence-corrected chi connectivity index (χ2v) is 6.80. The van der Waals surface area contributed by atoms with Gasteiger partial charge in [0.25, 0.3) is 5.56 Å². The van der Waals surface area contributed by atoms with Crippen molar-refractivity contribution in [2.45, 2.75) is 20.0 Å². The Morgan fingerprint density at radius 1 is 0.923 bits per heavy atom. The van der Waals surface area contributed by atoms with Crippen LogP contribution in [0.5, 0.6) is 0 Å². The molecule has 130 valence electrons. The second kappa shape index (κ2) is 6.73. The molecule has 0 saturated heterocycles. The molecule has 0 amide bonds. The number of benzene rings is 2. The van der Waals surface area contributed by atoms with Crippen LogP contribution in [0.25, 0.3) is 16.4 Å². The summed E-state index contributed by atoms with van der Waals surface area (Å²) in [5.74, 6) is 0. The molecule has 4 heteroatoms. The van der Waals surface area contributed by atoms with Gasteiger partial charge in [0, 0.05) is 24.8 Å². The Hall–Kier alpha value is -2.98. The Labute approximate surface area is 152 Å². The molecule has 0 radical (unpaired) electrons. The Morgan fingerprint density at radius 3 is 2.58 bits per heavy atom. The van der Waals surface area contributed by atoms with Crippen molar-refractivity contribution < 1.29 is 0 Å². The predicted molar refractivity (Wildman–Crippen MR) is 105 cm³/mol. The second-order valence-electron chi connectivity index (χ2n) is 6.80. The molecule has 0 bridgehead atoms. The molecule has 0 saturated carbocycles. The number of hydrogen-bond acceptors (Lipinski definition) is 3. The molecule has 2 aromatic heterocycles. The van der Waals surface area contributed by atoms with E-state index in [4.69, 9.17) is 0 Å².